The van der Waals surface area contributed by atoms with Crippen LogP contribution in [0.4, 0.5) is 0 Å². The molecule has 0 radical (unpaired) electrons. The maximum Gasteiger partial charge on any atom is 0.322 e. The number of likely N-dealkylation sites (tertiary alicyclic amines) is 1. The van der Waals surface area contributed by atoms with Gasteiger partial charge in [-0.15, -0.1) is 0 Å². The lowest BCUT2D eigenvalue weighted by Crippen LogP contribution is -2.50. The smallest absolute Gasteiger partial charge is 0.322 e. The number of carbonyl (C=O) groups excluding carboxylic acids is 3. The number of carboxylic acid groups (broad SMARTS) is 1. The molecule has 1 saturated heterocycles. The highest BCUT2D eigenvalue weighted by Gasteiger charge is 2.33. The first-order valence-corrected chi connectivity index (χ1v) is 6.21. The van der Waals surface area contributed by atoms with Gasteiger partial charge in [0.15, 0.2) is 0 Å². The fraction of sp³-hybridized carbons (Fsp3) is 0.636. The molecule has 1 aliphatic rings. The molecule has 112 valence electrons. The second-order valence-electron chi connectivity index (χ2n) is 4.34. The Hall–Kier alpha value is -2.16. The summed E-state index contributed by atoms with van der Waals surface area (Å²) in [5.74, 6) is -2.49. The summed E-state index contributed by atoms with van der Waals surface area (Å²) >= 11 is 0. The molecule has 0 unspecified atom stereocenters. The van der Waals surface area contributed by atoms with E-state index in [4.69, 9.17) is 10.8 Å². The van der Waals surface area contributed by atoms with Crippen LogP contribution >= 0.6 is 0 Å². The molecule has 1 heterocycles. The number of carbonyl (C=O) groups is 4. The molecule has 0 aromatic rings. The molecule has 0 saturated carbocycles. The normalized spacial score (nSPS) is 17.6. The number of carboxylic acids is 1. The molecule has 0 aromatic heterocycles. The molecule has 1 rings (SSSR count). The van der Waals surface area contributed by atoms with E-state index in [1.807, 2.05) is 0 Å². The van der Waals surface area contributed by atoms with Crippen LogP contribution in [0.3, 0.4) is 0 Å². The Kier molecular flexibility index (Phi) is 5.91. The molecular formula is C11H18N4O5. The van der Waals surface area contributed by atoms with Gasteiger partial charge in [0.1, 0.15) is 12.6 Å². The summed E-state index contributed by atoms with van der Waals surface area (Å²) in [6.07, 6.45) is 1.13. The molecule has 5 N–H and O–H groups in total. The number of rotatable bonds is 6. The van der Waals surface area contributed by atoms with Gasteiger partial charge in [-0.05, 0) is 12.8 Å². The predicted molar refractivity (Wildman–Crippen MR) is 67.4 cm³/mol. The van der Waals surface area contributed by atoms with Crippen LogP contribution in [-0.4, -0.2) is 65.9 Å². The lowest BCUT2D eigenvalue weighted by atomic mass is 10.2. The first-order valence-electron chi connectivity index (χ1n) is 6.21. The number of hydrogen-bond acceptors (Lipinski definition) is 5. The minimum Gasteiger partial charge on any atom is -0.480 e. The molecule has 0 aliphatic carbocycles. The minimum absolute atomic E-state index is 0.212. The lowest BCUT2D eigenvalue weighted by molar-refractivity contribution is -0.141. The lowest BCUT2D eigenvalue weighted by Gasteiger charge is -2.23. The van der Waals surface area contributed by atoms with Crippen molar-refractivity contribution in [1.29, 1.82) is 0 Å². The summed E-state index contributed by atoms with van der Waals surface area (Å²) in [4.78, 5) is 46.4. The van der Waals surface area contributed by atoms with Crippen LogP contribution in [0.25, 0.3) is 0 Å². The Morgan fingerprint density at radius 2 is 1.90 bits per heavy atom. The van der Waals surface area contributed by atoms with Gasteiger partial charge in [-0.2, -0.15) is 0 Å². The van der Waals surface area contributed by atoms with E-state index in [1.165, 1.54) is 4.90 Å². The van der Waals surface area contributed by atoms with Crippen molar-refractivity contribution in [3.05, 3.63) is 0 Å². The van der Waals surface area contributed by atoms with Crippen LogP contribution in [0.1, 0.15) is 12.8 Å². The highest BCUT2D eigenvalue weighted by molar-refractivity contribution is 5.91. The van der Waals surface area contributed by atoms with Crippen molar-refractivity contribution in [3.63, 3.8) is 0 Å². The SMILES string of the molecule is NCC(=O)NCC(=O)N1CCC[C@H]1C(=O)NCC(=O)O. The molecule has 9 heteroatoms. The largest absolute Gasteiger partial charge is 0.480 e. The van der Waals surface area contributed by atoms with Gasteiger partial charge in [0.25, 0.3) is 0 Å². The monoisotopic (exact) mass is 286 g/mol. The maximum atomic E-state index is 11.9. The summed E-state index contributed by atoms with van der Waals surface area (Å²) < 4.78 is 0. The Balaban J connectivity index is 2.51. The average molecular weight is 286 g/mol. The third-order valence-corrected chi connectivity index (χ3v) is 2.91. The fourth-order valence-corrected chi connectivity index (χ4v) is 1.97. The van der Waals surface area contributed by atoms with Crippen LogP contribution in [0.5, 0.6) is 0 Å². The van der Waals surface area contributed by atoms with Gasteiger partial charge in [-0.3, -0.25) is 19.2 Å². The van der Waals surface area contributed by atoms with Crippen molar-refractivity contribution in [2.24, 2.45) is 5.73 Å². The summed E-state index contributed by atoms with van der Waals surface area (Å²) in [5.41, 5.74) is 5.10. The van der Waals surface area contributed by atoms with Crippen molar-refractivity contribution < 1.29 is 24.3 Å². The third kappa shape index (κ3) is 4.50. The zero-order valence-corrected chi connectivity index (χ0v) is 10.9. The second kappa shape index (κ2) is 7.43. The zero-order chi connectivity index (χ0) is 15.1. The molecule has 0 bridgehead atoms. The van der Waals surface area contributed by atoms with Crippen molar-refractivity contribution in [2.45, 2.75) is 18.9 Å². The van der Waals surface area contributed by atoms with E-state index >= 15 is 0 Å². The molecule has 9 nitrogen and oxygen atoms in total. The molecule has 3 amide bonds. The van der Waals surface area contributed by atoms with Gasteiger partial charge in [-0.25, -0.2) is 0 Å². The number of nitrogens with two attached hydrogens (primary N) is 1. The quantitative estimate of drug-likeness (QED) is 0.417. The van der Waals surface area contributed by atoms with Crippen molar-refractivity contribution in [2.75, 3.05) is 26.2 Å². The number of nitrogens with zero attached hydrogens (tertiary/aromatic N) is 1. The number of hydrogen-bond donors (Lipinski definition) is 4. The second-order valence-corrected chi connectivity index (χ2v) is 4.34. The molecule has 0 aromatic carbocycles. The van der Waals surface area contributed by atoms with Crippen molar-refractivity contribution in [3.8, 4) is 0 Å². The van der Waals surface area contributed by atoms with Crippen LogP contribution in [-0.2, 0) is 19.2 Å². The number of aliphatic carboxylic acids is 1. The summed E-state index contributed by atoms with van der Waals surface area (Å²) in [6.45, 7) is -0.516. The van der Waals surface area contributed by atoms with Crippen LogP contribution in [0.2, 0.25) is 0 Å². The average Bonchev–Trinajstić information content (AvgIpc) is 2.90. The van der Waals surface area contributed by atoms with E-state index in [9.17, 15) is 19.2 Å². The molecule has 1 fully saturated rings. The van der Waals surface area contributed by atoms with E-state index < -0.39 is 30.4 Å². The Bertz CT molecular complexity index is 412. The molecule has 20 heavy (non-hydrogen) atoms. The standard InChI is InChI=1S/C11H18N4O5/c12-4-8(16)13-5-9(17)15-3-1-2-7(15)11(20)14-6-10(18)19/h7H,1-6,12H2,(H,13,16)(H,14,20)(H,18,19)/t7-/m0/s1. The van der Waals surface area contributed by atoms with Gasteiger partial charge in [0.2, 0.25) is 17.7 Å². The maximum absolute atomic E-state index is 11.9. The third-order valence-electron chi connectivity index (χ3n) is 2.91. The predicted octanol–water partition coefficient (Wildman–Crippen LogP) is -2.75. The number of amides is 3. The van der Waals surface area contributed by atoms with Crippen molar-refractivity contribution >= 4 is 23.7 Å². The van der Waals surface area contributed by atoms with E-state index in [2.05, 4.69) is 10.6 Å². The molecular weight excluding hydrogens is 268 g/mol. The highest BCUT2D eigenvalue weighted by atomic mass is 16.4. The van der Waals surface area contributed by atoms with Crippen LogP contribution in [0.15, 0.2) is 0 Å². The first kappa shape index (κ1) is 15.9. The molecule has 1 atom stereocenters. The summed E-state index contributed by atoms with van der Waals surface area (Å²) in [6, 6.07) is -0.684. The van der Waals surface area contributed by atoms with E-state index in [0.29, 0.717) is 19.4 Å². The first-order chi connectivity index (χ1) is 9.45. The van der Waals surface area contributed by atoms with Crippen molar-refractivity contribution in [1.82, 2.24) is 15.5 Å². The van der Waals surface area contributed by atoms with Gasteiger partial charge >= 0.3 is 5.97 Å². The number of nitrogens with one attached hydrogen (secondary N) is 2. The van der Waals surface area contributed by atoms with Gasteiger partial charge in [0, 0.05) is 6.54 Å². The molecule has 1 aliphatic heterocycles. The topological polar surface area (TPSA) is 142 Å². The summed E-state index contributed by atoms with van der Waals surface area (Å²) in [5, 5.41) is 13.1. The Labute approximate surface area is 115 Å². The Morgan fingerprint density at radius 3 is 2.50 bits per heavy atom. The van der Waals surface area contributed by atoms with Gasteiger partial charge < -0.3 is 26.4 Å². The van der Waals surface area contributed by atoms with Gasteiger partial charge in [0.05, 0.1) is 13.1 Å². The fourth-order valence-electron chi connectivity index (χ4n) is 1.97. The van der Waals surface area contributed by atoms with Crippen LogP contribution in [0, 0.1) is 0 Å². The highest BCUT2D eigenvalue weighted by Crippen LogP contribution is 2.17. The van der Waals surface area contributed by atoms with E-state index in [-0.39, 0.29) is 19.0 Å². The Morgan fingerprint density at radius 1 is 1.20 bits per heavy atom. The van der Waals surface area contributed by atoms with E-state index in [0.717, 1.165) is 0 Å². The minimum atomic E-state index is -1.15. The van der Waals surface area contributed by atoms with E-state index in [1.54, 1.807) is 0 Å². The van der Waals surface area contributed by atoms with Crippen LogP contribution < -0.4 is 16.4 Å². The summed E-state index contributed by atoms with van der Waals surface area (Å²) in [7, 11) is 0. The molecule has 0 spiro atoms. The zero-order valence-electron chi connectivity index (χ0n) is 10.9. The van der Waals surface area contributed by atoms with Gasteiger partial charge in [-0.1, -0.05) is 0 Å².